The van der Waals surface area contributed by atoms with Crippen molar-refractivity contribution in [2.45, 2.75) is 38.3 Å². The minimum Gasteiger partial charge on any atom is -0.481 e. The molecule has 1 aromatic rings. The molecule has 2 rings (SSSR count). The molecule has 4 nitrogen and oxygen atoms in total. The summed E-state index contributed by atoms with van der Waals surface area (Å²) in [5.74, 6) is 0.664. The predicted octanol–water partition coefficient (Wildman–Crippen LogP) is 2.14. The molecule has 1 saturated heterocycles. The van der Waals surface area contributed by atoms with Crippen LogP contribution >= 0.6 is 0 Å². The summed E-state index contributed by atoms with van der Waals surface area (Å²) < 4.78 is 10.6. The summed E-state index contributed by atoms with van der Waals surface area (Å²) in [6.07, 6.45) is 7.18. The van der Waals surface area contributed by atoms with Crippen molar-refractivity contribution < 1.29 is 9.47 Å². The largest absolute Gasteiger partial charge is 0.481 e. The van der Waals surface area contributed by atoms with Gasteiger partial charge in [0.15, 0.2) is 0 Å². The fourth-order valence-corrected chi connectivity index (χ4v) is 2.20. The molecule has 0 radical (unpaired) electrons. The monoisotopic (exact) mass is 250 g/mol. The molecular formula is C14H22N2O2. The van der Waals surface area contributed by atoms with E-state index < -0.39 is 0 Å². The van der Waals surface area contributed by atoms with E-state index in [1.54, 1.807) is 7.11 Å². The molecule has 1 atom stereocenters. The normalized spacial score (nSPS) is 19.1. The first-order valence-corrected chi connectivity index (χ1v) is 6.70. The summed E-state index contributed by atoms with van der Waals surface area (Å²) in [6.45, 7) is 2.85. The van der Waals surface area contributed by atoms with Crippen molar-refractivity contribution in [3.05, 3.63) is 23.9 Å². The number of aromatic nitrogens is 1. The highest BCUT2D eigenvalue weighted by molar-refractivity contribution is 5.17. The molecular weight excluding hydrogens is 228 g/mol. The molecule has 0 spiro atoms. The Bertz CT molecular complexity index is 334. The lowest BCUT2D eigenvalue weighted by Gasteiger charge is -2.09. The molecule has 2 heterocycles. The summed E-state index contributed by atoms with van der Waals surface area (Å²) >= 11 is 0. The average Bonchev–Trinajstić information content (AvgIpc) is 2.92. The highest BCUT2D eigenvalue weighted by atomic mass is 16.5. The Morgan fingerprint density at radius 3 is 3.11 bits per heavy atom. The molecule has 100 valence electrons. The third kappa shape index (κ3) is 4.27. The minimum absolute atomic E-state index is 0.509. The van der Waals surface area contributed by atoms with Crippen LogP contribution in [0, 0.1) is 0 Å². The molecule has 1 fully saturated rings. The Labute approximate surface area is 109 Å². The lowest BCUT2D eigenvalue weighted by molar-refractivity contribution is 0.102. The van der Waals surface area contributed by atoms with Gasteiger partial charge in [-0.15, -0.1) is 0 Å². The Hall–Kier alpha value is -1.13. The average molecular weight is 250 g/mol. The lowest BCUT2D eigenvalue weighted by Crippen LogP contribution is -2.17. The van der Waals surface area contributed by atoms with Crippen LogP contribution in [0.5, 0.6) is 5.88 Å². The Morgan fingerprint density at radius 2 is 2.44 bits per heavy atom. The van der Waals surface area contributed by atoms with Gasteiger partial charge in [-0.2, -0.15) is 0 Å². The summed E-state index contributed by atoms with van der Waals surface area (Å²) in [4.78, 5) is 4.18. The molecule has 1 unspecified atom stereocenters. The molecule has 0 aromatic carbocycles. The van der Waals surface area contributed by atoms with Gasteiger partial charge in [-0.3, -0.25) is 0 Å². The van der Waals surface area contributed by atoms with E-state index in [0.717, 1.165) is 19.7 Å². The van der Waals surface area contributed by atoms with Crippen LogP contribution in [-0.4, -0.2) is 31.3 Å². The van der Waals surface area contributed by atoms with Gasteiger partial charge in [0.2, 0.25) is 5.88 Å². The standard InChI is InChI=1S/C14H22N2O2/c1-17-14-7-6-12(11-16-14)10-15-8-2-4-13-5-3-9-18-13/h6-7,11,13,15H,2-5,8-10H2,1H3. The van der Waals surface area contributed by atoms with E-state index in [2.05, 4.69) is 10.3 Å². The number of nitrogens with one attached hydrogen (secondary N) is 1. The van der Waals surface area contributed by atoms with Crippen LogP contribution in [0.3, 0.4) is 0 Å². The first-order valence-electron chi connectivity index (χ1n) is 6.70. The van der Waals surface area contributed by atoms with Crippen LogP contribution in [0.15, 0.2) is 18.3 Å². The maximum atomic E-state index is 5.59. The van der Waals surface area contributed by atoms with Gasteiger partial charge in [0.25, 0.3) is 0 Å². The summed E-state index contributed by atoms with van der Waals surface area (Å²) in [5.41, 5.74) is 1.19. The molecule has 4 heteroatoms. The van der Waals surface area contributed by atoms with Gasteiger partial charge in [0, 0.05) is 25.4 Å². The number of rotatable bonds is 7. The van der Waals surface area contributed by atoms with Crippen molar-refractivity contribution in [1.29, 1.82) is 0 Å². The lowest BCUT2D eigenvalue weighted by atomic mass is 10.1. The summed E-state index contributed by atoms with van der Waals surface area (Å²) in [6, 6.07) is 3.93. The molecule has 1 N–H and O–H groups in total. The van der Waals surface area contributed by atoms with Crippen LogP contribution in [0.4, 0.5) is 0 Å². The van der Waals surface area contributed by atoms with Crippen molar-refractivity contribution in [2.24, 2.45) is 0 Å². The van der Waals surface area contributed by atoms with Crippen LogP contribution in [0.2, 0.25) is 0 Å². The molecule has 18 heavy (non-hydrogen) atoms. The second-order valence-electron chi connectivity index (χ2n) is 4.66. The van der Waals surface area contributed by atoms with Gasteiger partial charge >= 0.3 is 0 Å². The molecule has 0 bridgehead atoms. The number of hydrogen-bond donors (Lipinski definition) is 1. The number of pyridine rings is 1. The van der Waals surface area contributed by atoms with Crippen molar-refractivity contribution in [1.82, 2.24) is 10.3 Å². The fourth-order valence-electron chi connectivity index (χ4n) is 2.20. The molecule has 1 aliphatic heterocycles. The van der Waals surface area contributed by atoms with Crippen molar-refractivity contribution in [3.8, 4) is 5.88 Å². The van der Waals surface area contributed by atoms with Gasteiger partial charge in [0.1, 0.15) is 0 Å². The Kier molecular flexibility index (Phi) is 5.42. The molecule has 0 aliphatic carbocycles. The first-order chi connectivity index (χ1) is 8.88. The van der Waals surface area contributed by atoms with Crippen molar-refractivity contribution >= 4 is 0 Å². The van der Waals surface area contributed by atoms with Gasteiger partial charge in [-0.05, 0) is 37.8 Å². The topological polar surface area (TPSA) is 43.4 Å². The van der Waals surface area contributed by atoms with Crippen molar-refractivity contribution in [2.75, 3.05) is 20.3 Å². The van der Waals surface area contributed by atoms with Crippen LogP contribution in [0.1, 0.15) is 31.2 Å². The number of hydrogen-bond acceptors (Lipinski definition) is 4. The number of methoxy groups -OCH3 is 1. The van der Waals surface area contributed by atoms with E-state index in [1.165, 1.54) is 31.2 Å². The second-order valence-corrected chi connectivity index (χ2v) is 4.66. The zero-order valence-electron chi connectivity index (χ0n) is 11.0. The third-order valence-corrected chi connectivity index (χ3v) is 3.24. The van der Waals surface area contributed by atoms with Gasteiger partial charge in [0.05, 0.1) is 13.2 Å². The smallest absolute Gasteiger partial charge is 0.212 e. The van der Waals surface area contributed by atoms with E-state index >= 15 is 0 Å². The predicted molar refractivity (Wildman–Crippen MR) is 70.7 cm³/mol. The Balaban J connectivity index is 1.56. The Morgan fingerprint density at radius 1 is 1.50 bits per heavy atom. The van der Waals surface area contributed by atoms with E-state index in [9.17, 15) is 0 Å². The SMILES string of the molecule is COc1ccc(CNCCCC2CCCO2)cn1. The van der Waals surface area contributed by atoms with E-state index in [4.69, 9.17) is 9.47 Å². The van der Waals surface area contributed by atoms with Gasteiger partial charge in [-0.25, -0.2) is 4.98 Å². The van der Waals surface area contributed by atoms with Gasteiger partial charge in [-0.1, -0.05) is 6.07 Å². The quantitative estimate of drug-likeness (QED) is 0.753. The third-order valence-electron chi connectivity index (χ3n) is 3.24. The van der Waals surface area contributed by atoms with Gasteiger partial charge < -0.3 is 14.8 Å². The van der Waals surface area contributed by atoms with Crippen LogP contribution < -0.4 is 10.1 Å². The fraction of sp³-hybridized carbons (Fsp3) is 0.643. The number of ether oxygens (including phenoxy) is 2. The van der Waals surface area contributed by atoms with E-state index in [1.807, 2.05) is 18.3 Å². The zero-order chi connectivity index (χ0) is 12.6. The minimum atomic E-state index is 0.509. The maximum Gasteiger partial charge on any atom is 0.212 e. The van der Waals surface area contributed by atoms with Crippen molar-refractivity contribution in [3.63, 3.8) is 0 Å². The summed E-state index contributed by atoms with van der Waals surface area (Å²) in [5, 5.41) is 3.43. The first kappa shape index (κ1) is 13.3. The molecule has 0 saturated carbocycles. The maximum absolute atomic E-state index is 5.59. The molecule has 1 aliphatic rings. The van der Waals surface area contributed by atoms with Crippen LogP contribution in [0.25, 0.3) is 0 Å². The molecule has 0 amide bonds. The zero-order valence-corrected chi connectivity index (χ0v) is 11.0. The van der Waals surface area contributed by atoms with E-state index in [-0.39, 0.29) is 0 Å². The highest BCUT2D eigenvalue weighted by Crippen LogP contribution is 2.16. The van der Waals surface area contributed by atoms with Crippen LogP contribution in [-0.2, 0) is 11.3 Å². The second kappa shape index (κ2) is 7.34. The number of nitrogens with zero attached hydrogens (tertiary/aromatic N) is 1. The van der Waals surface area contributed by atoms with E-state index in [0.29, 0.717) is 12.0 Å². The molecule has 1 aromatic heterocycles. The highest BCUT2D eigenvalue weighted by Gasteiger charge is 2.14. The summed E-state index contributed by atoms with van der Waals surface area (Å²) in [7, 11) is 1.63.